The number of nitrogens with zero attached hydrogens (tertiary/aromatic N) is 1. The number of carbonyl (C=O) groups excluding carboxylic acids is 5. The Morgan fingerprint density at radius 3 is 2.20 bits per heavy atom. The second kappa shape index (κ2) is 19.6. The average molecular weight is 752 g/mol. The van der Waals surface area contributed by atoms with Crippen molar-refractivity contribution >= 4 is 40.4 Å². The molecule has 0 radical (unpaired) electrons. The fourth-order valence-electron chi connectivity index (χ4n) is 7.11. The number of para-hydroxylation sites is 1. The van der Waals surface area contributed by atoms with Gasteiger partial charge in [-0.1, -0.05) is 93.3 Å². The highest BCUT2D eigenvalue weighted by molar-refractivity contribution is 5.96. The first-order valence-electron chi connectivity index (χ1n) is 19.2. The monoisotopic (exact) mass is 751 g/mol. The molecule has 55 heavy (non-hydrogen) atoms. The molecule has 292 valence electrons. The van der Waals surface area contributed by atoms with Gasteiger partial charge in [-0.25, -0.2) is 0 Å². The second-order valence-electron chi connectivity index (χ2n) is 14.4. The Morgan fingerprint density at radius 2 is 1.47 bits per heavy atom. The third-order valence-corrected chi connectivity index (χ3v) is 10.2. The van der Waals surface area contributed by atoms with Crippen molar-refractivity contribution in [3.8, 4) is 5.75 Å². The van der Waals surface area contributed by atoms with E-state index >= 15 is 0 Å². The molecule has 0 saturated carbocycles. The van der Waals surface area contributed by atoms with Crippen molar-refractivity contribution in [1.82, 2.24) is 25.8 Å². The highest BCUT2D eigenvalue weighted by Gasteiger charge is 2.39. The van der Waals surface area contributed by atoms with Crippen LogP contribution in [0, 0.1) is 0 Å². The van der Waals surface area contributed by atoms with Crippen LogP contribution in [0.25, 0.3) is 10.9 Å². The van der Waals surface area contributed by atoms with Gasteiger partial charge in [0.2, 0.25) is 29.5 Å². The van der Waals surface area contributed by atoms with E-state index in [1.54, 1.807) is 18.3 Å². The molecule has 5 rings (SSSR count). The maximum Gasteiger partial charge on any atom is 0.246 e. The zero-order valence-corrected chi connectivity index (χ0v) is 31.3. The third kappa shape index (κ3) is 11.2. The Hall–Kier alpha value is -5.69. The van der Waals surface area contributed by atoms with E-state index in [1.165, 1.54) is 17.0 Å². The Kier molecular flexibility index (Phi) is 14.4. The number of benzene rings is 3. The number of aromatic amines is 1. The SMILES string of the molecule is CCCCCC[C@@H](N)C(=O)N[C@@H](Cc1ccc(O)cc1)C(=O)N1CCC[C@H]1C(=O)N[C@@H](Cc1c[nH]c2ccccc12)C(=O)N[C@@H](Cc1ccccc1)C(N)=O. The molecular weight excluding hydrogens is 699 g/mol. The van der Waals surface area contributed by atoms with Crippen LogP contribution in [0.2, 0.25) is 0 Å². The normalized spacial score (nSPS) is 16.2. The van der Waals surface area contributed by atoms with Crippen LogP contribution >= 0.6 is 0 Å². The summed E-state index contributed by atoms with van der Waals surface area (Å²) in [6.07, 6.45) is 7.32. The molecule has 1 aromatic heterocycles. The fourth-order valence-corrected chi connectivity index (χ4v) is 7.11. The van der Waals surface area contributed by atoms with E-state index in [2.05, 4.69) is 27.9 Å². The van der Waals surface area contributed by atoms with Crippen LogP contribution in [-0.4, -0.2) is 81.3 Å². The van der Waals surface area contributed by atoms with E-state index in [0.717, 1.165) is 47.7 Å². The largest absolute Gasteiger partial charge is 0.508 e. The minimum Gasteiger partial charge on any atom is -0.508 e. The van der Waals surface area contributed by atoms with Crippen molar-refractivity contribution < 1.29 is 29.1 Å². The van der Waals surface area contributed by atoms with E-state index in [0.29, 0.717) is 24.8 Å². The molecule has 5 amide bonds. The summed E-state index contributed by atoms with van der Waals surface area (Å²) in [5.41, 5.74) is 15.1. The number of hydrogen-bond acceptors (Lipinski definition) is 7. The highest BCUT2D eigenvalue weighted by atomic mass is 16.3. The average Bonchev–Trinajstić information content (AvgIpc) is 3.84. The van der Waals surface area contributed by atoms with Crippen molar-refractivity contribution in [2.24, 2.45) is 11.5 Å². The first-order valence-corrected chi connectivity index (χ1v) is 19.2. The van der Waals surface area contributed by atoms with Gasteiger partial charge >= 0.3 is 0 Å². The lowest BCUT2D eigenvalue weighted by atomic mass is 10.0. The van der Waals surface area contributed by atoms with Gasteiger partial charge in [-0.15, -0.1) is 0 Å². The fraction of sp³-hybridized carbons (Fsp3) is 0.405. The van der Waals surface area contributed by atoms with Gasteiger partial charge in [0.25, 0.3) is 0 Å². The lowest BCUT2D eigenvalue weighted by Gasteiger charge is -2.30. The molecule has 9 N–H and O–H groups in total. The van der Waals surface area contributed by atoms with Gasteiger partial charge in [-0.2, -0.15) is 0 Å². The second-order valence-corrected chi connectivity index (χ2v) is 14.4. The minimum absolute atomic E-state index is 0.0643. The summed E-state index contributed by atoms with van der Waals surface area (Å²) >= 11 is 0. The summed E-state index contributed by atoms with van der Waals surface area (Å²) in [5, 5.41) is 19.2. The van der Waals surface area contributed by atoms with Crippen LogP contribution in [0.1, 0.15) is 68.6 Å². The molecule has 0 spiro atoms. The minimum atomic E-state index is -1.12. The maximum atomic E-state index is 14.3. The first-order chi connectivity index (χ1) is 26.5. The van der Waals surface area contributed by atoms with E-state index < -0.39 is 59.7 Å². The van der Waals surface area contributed by atoms with Crippen LogP contribution < -0.4 is 27.4 Å². The van der Waals surface area contributed by atoms with Crippen molar-refractivity contribution in [2.75, 3.05) is 6.54 Å². The summed E-state index contributed by atoms with van der Waals surface area (Å²) < 4.78 is 0. The summed E-state index contributed by atoms with van der Waals surface area (Å²) in [7, 11) is 0. The van der Waals surface area contributed by atoms with Gasteiger partial charge in [-0.05, 0) is 54.2 Å². The number of aromatic nitrogens is 1. The van der Waals surface area contributed by atoms with Gasteiger partial charge < -0.3 is 42.4 Å². The Balaban J connectivity index is 1.35. The molecule has 4 aromatic rings. The molecule has 1 fully saturated rings. The maximum absolute atomic E-state index is 14.3. The van der Waals surface area contributed by atoms with Crippen molar-refractivity contribution in [2.45, 2.75) is 101 Å². The van der Waals surface area contributed by atoms with Crippen LogP contribution in [0.15, 0.2) is 85.1 Å². The van der Waals surface area contributed by atoms with Crippen LogP contribution in [0.5, 0.6) is 5.75 Å². The van der Waals surface area contributed by atoms with E-state index in [1.807, 2.05) is 54.6 Å². The number of aromatic hydroxyl groups is 1. The van der Waals surface area contributed by atoms with Gasteiger partial charge in [0.1, 0.15) is 29.9 Å². The summed E-state index contributed by atoms with van der Waals surface area (Å²) in [6.45, 7) is 2.37. The van der Waals surface area contributed by atoms with E-state index in [-0.39, 0.29) is 31.6 Å². The Bertz CT molecular complexity index is 1910. The van der Waals surface area contributed by atoms with Gasteiger partial charge in [0.15, 0.2) is 0 Å². The lowest BCUT2D eigenvalue weighted by Crippen LogP contribution is -2.59. The van der Waals surface area contributed by atoms with Crippen molar-refractivity contribution in [3.63, 3.8) is 0 Å². The van der Waals surface area contributed by atoms with Crippen LogP contribution in [0.4, 0.5) is 0 Å². The predicted octanol–water partition coefficient (Wildman–Crippen LogP) is 3.13. The topological polar surface area (TPSA) is 213 Å². The molecule has 2 heterocycles. The van der Waals surface area contributed by atoms with Crippen LogP contribution in [-0.2, 0) is 43.2 Å². The van der Waals surface area contributed by atoms with Gasteiger partial charge in [0, 0.05) is 42.9 Å². The zero-order chi connectivity index (χ0) is 39.3. The number of amides is 5. The number of H-pyrrole nitrogens is 1. The zero-order valence-electron chi connectivity index (χ0n) is 31.3. The van der Waals surface area contributed by atoms with Crippen molar-refractivity contribution in [1.29, 1.82) is 0 Å². The molecule has 13 nitrogen and oxygen atoms in total. The summed E-state index contributed by atoms with van der Waals surface area (Å²) in [5.74, 6) is -2.69. The molecule has 1 aliphatic rings. The number of rotatable bonds is 19. The Morgan fingerprint density at radius 1 is 0.800 bits per heavy atom. The first kappa shape index (κ1) is 40.5. The number of unbranched alkanes of at least 4 members (excludes halogenated alkanes) is 3. The molecule has 1 saturated heterocycles. The van der Waals surface area contributed by atoms with Gasteiger partial charge in [-0.3, -0.25) is 24.0 Å². The number of fused-ring (bicyclic) bond motifs is 1. The third-order valence-electron chi connectivity index (χ3n) is 10.2. The number of phenolic OH excluding ortho intramolecular Hbond substituents is 1. The predicted molar refractivity (Wildman–Crippen MR) is 210 cm³/mol. The highest BCUT2D eigenvalue weighted by Crippen LogP contribution is 2.23. The van der Waals surface area contributed by atoms with Crippen molar-refractivity contribution in [3.05, 3.63) is 102 Å². The molecule has 0 bridgehead atoms. The molecule has 5 atom stereocenters. The molecular formula is C42H53N7O6. The number of phenols is 1. The summed E-state index contributed by atoms with van der Waals surface area (Å²) in [4.78, 5) is 73.0. The standard InChI is InChI=1S/C42H53N7O6/c1-2-3-4-8-15-32(43)39(52)48-36(24-28-18-20-30(50)21-19-28)42(55)49-22-11-17-37(49)41(54)47-35(25-29-26-45-33-16-10-9-14-31(29)33)40(53)46-34(38(44)51)23-27-12-6-5-7-13-27/h5-7,9-10,12-14,16,18-21,26,32,34-37,45,50H,2-4,8,11,15,17,22-25,43H2,1H3,(H2,44,51)(H,46,53)(H,47,54)(H,48,52)/t32-,34+,35+,36+,37+/m1/s1. The molecule has 13 heteroatoms. The lowest BCUT2D eigenvalue weighted by molar-refractivity contribution is -0.142. The number of likely N-dealkylation sites (tertiary alicyclic amines) is 1. The molecule has 1 aliphatic heterocycles. The molecule has 0 unspecified atom stereocenters. The quantitative estimate of drug-likeness (QED) is 0.0711. The number of nitrogens with one attached hydrogen (secondary N) is 4. The number of nitrogens with two attached hydrogens (primary N) is 2. The molecule has 0 aliphatic carbocycles. The number of primary amides is 1. The number of hydrogen-bond donors (Lipinski definition) is 7. The molecule has 3 aromatic carbocycles. The smallest absolute Gasteiger partial charge is 0.246 e. The van der Waals surface area contributed by atoms with E-state index in [9.17, 15) is 29.1 Å². The summed E-state index contributed by atoms with van der Waals surface area (Å²) in [6, 6.07) is 18.2. The van der Waals surface area contributed by atoms with Gasteiger partial charge in [0.05, 0.1) is 6.04 Å². The number of carbonyl (C=O) groups is 5. The Labute approximate surface area is 321 Å². The van der Waals surface area contributed by atoms with E-state index in [4.69, 9.17) is 11.5 Å². The van der Waals surface area contributed by atoms with Crippen LogP contribution in [0.3, 0.4) is 0 Å².